The van der Waals surface area contributed by atoms with E-state index in [2.05, 4.69) is 12.1 Å². The largest absolute Gasteiger partial charge is 0.496 e. The summed E-state index contributed by atoms with van der Waals surface area (Å²) in [5.74, 6) is -0.162. The monoisotopic (exact) mass is 331 g/mol. The van der Waals surface area contributed by atoms with Crippen LogP contribution in [-0.4, -0.2) is 36.7 Å². The van der Waals surface area contributed by atoms with Gasteiger partial charge in [-0.1, -0.05) is 24.9 Å². The van der Waals surface area contributed by atoms with Crippen molar-refractivity contribution in [1.29, 1.82) is 0 Å². The first kappa shape index (κ1) is 17.7. The Bertz CT molecular complexity index is 718. The minimum absolute atomic E-state index is 0.109. The Labute approximate surface area is 140 Å². The Hall–Kier alpha value is -2.63. The summed E-state index contributed by atoms with van der Waals surface area (Å²) in [6, 6.07) is 3.17. The Balaban J connectivity index is 2.49. The van der Waals surface area contributed by atoms with Crippen molar-refractivity contribution in [1.82, 2.24) is 0 Å². The first-order chi connectivity index (χ1) is 11.6. The summed E-state index contributed by atoms with van der Waals surface area (Å²) >= 11 is 0. The van der Waals surface area contributed by atoms with Gasteiger partial charge in [-0.15, -0.1) is 0 Å². The van der Waals surface area contributed by atoms with Crippen molar-refractivity contribution in [3.05, 3.63) is 34.9 Å². The van der Waals surface area contributed by atoms with E-state index in [0.29, 0.717) is 17.9 Å². The molecule has 1 aliphatic carbocycles. The number of fused-ring (bicyclic) bond motifs is 1. The average molecular weight is 331 g/mol. The van der Waals surface area contributed by atoms with Crippen LogP contribution in [0.15, 0.2) is 28.9 Å². The zero-order valence-electron chi connectivity index (χ0n) is 14.1. The molecule has 6 nitrogen and oxygen atoms in total. The molecule has 0 atom stereocenters. The molecule has 0 bridgehead atoms. The number of ketones is 2. The summed E-state index contributed by atoms with van der Waals surface area (Å²) in [5.41, 5.74) is 0.655. The number of benzene rings is 1. The van der Waals surface area contributed by atoms with Crippen LogP contribution in [0.1, 0.15) is 53.3 Å². The lowest BCUT2D eigenvalue weighted by Gasteiger charge is -2.20. The number of unbranched alkanes of at least 4 members (excludes halogenated alkanes) is 2. The van der Waals surface area contributed by atoms with Crippen LogP contribution in [0, 0.1) is 0 Å². The van der Waals surface area contributed by atoms with Crippen molar-refractivity contribution < 1.29 is 24.3 Å². The van der Waals surface area contributed by atoms with E-state index in [1.165, 1.54) is 20.3 Å². The number of ether oxygens (including phenoxy) is 2. The average Bonchev–Trinajstić information content (AvgIpc) is 2.61. The highest BCUT2D eigenvalue weighted by molar-refractivity contribution is 6.37. The summed E-state index contributed by atoms with van der Waals surface area (Å²) in [4.78, 5) is 25.4. The molecule has 0 unspecified atom stereocenters. The molecule has 0 saturated carbocycles. The smallest absolute Gasteiger partial charge is 0.199 e. The van der Waals surface area contributed by atoms with Crippen LogP contribution in [0.4, 0.5) is 0 Å². The molecule has 0 amide bonds. The summed E-state index contributed by atoms with van der Waals surface area (Å²) in [7, 11) is 2.87. The Morgan fingerprint density at radius 2 is 1.71 bits per heavy atom. The predicted molar refractivity (Wildman–Crippen MR) is 89.7 cm³/mol. The van der Waals surface area contributed by atoms with Gasteiger partial charge in [0.15, 0.2) is 11.6 Å². The second-order valence-corrected chi connectivity index (χ2v) is 5.48. The summed E-state index contributed by atoms with van der Waals surface area (Å²) in [5, 5.41) is 12.5. The number of carbonyl (C=O) groups excluding carboxylic acids is 2. The van der Waals surface area contributed by atoms with Gasteiger partial charge < -0.3 is 14.7 Å². The Kier molecular flexibility index (Phi) is 5.73. The highest BCUT2D eigenvalue weighted by Crippen LogP contribution is 2.36. The van der Waals surface area contributed by atoms with Gasteiger partial charge in [-0.25, -0.2) is 0 Å². The molecule has 0 radical (unpaired) electrons. The van der Waals surface area contributed by atoms with Gasteiger partial charge in [-0.05, 0) is 31.1 Å². The molecule has 128 valence electrons. The van der Waals surface area contributed by atoms with Crippen molar-refractivity contribution in [2.45, 2.75) is 32.6 Å². The molecule has 0 heterocycles. The van der Waals surface area contributed by atoms with Crippen LogP contribution in [0.3, 0.4) is 0 Å². The van der Waals surface area contributed by atoms with Crippen LogP contribution >= 0.6 is 0 Å². The Morgan fingerprint density at radius 3 is 2.25 bits per heavy atom. The summed E-state index contributed by atoms with van der Waals surface area (Å²) < 4.78 is 10.4. The van der Waals surface area contributed by atoms with Crippen LogP contribution in [0.5, 0.6) is 11.5 Å². The predicted octanol–water partition coefficient (Wildman–Crippen LogP) is 3.42. The number of methoxy groups -OCH3 is 2. The van der Waals surface area contributed by atoms with Crippen molar-refractivity contribution in [2.75, 3.05) is 14.2 Å². The summed E-state index contributed by atoms with van der Waals surface area (Å²) in [6.45, 7) is 2.05. The minimum Gasteiger partial charge on any atom is -0.496 e. The zero-order valence-corrected chi connectivity index (χ0v) is 14.1. The van der Waals surface area contributed by atoms with Crippen LogP contribution in [0.2, 0.25) is 0 Å². The number of carbonyl (C=O) groups is 2. The van der Waals surface area contributed by atoms with Crippen molar-refractivity contribution in [3.63, 3.8) is 0 Å². The first-order valence-electron chi connectivity index (χ1n) is 7.86. The molecule has 6 heteroatoms. The maximum absolute atomic E-state index is 12.9. The second-order valence-electron chi connectivity index (χ2n) is 5.48. The van der Waals surface area contributed by atoms with E-state index < -0.39 is 5.78 Å². The van der Waals surface area contributed by atoms with E-state index in [9.17, 15) is 14.8 Å². The second kappa shape index (κ2) is 7.77. The molecule has 1 aliphatic rings. The van der Waals surface area contributed by atoms with E-state index in [1.54, 1.807) is 12.1 Å². The van der Waals surface area contributed by atoms with Crippen LogP contribution in [-0.2, 0) is 0 Å². The van der Waals surface area contributed by atoms with Crippen molar-refractivity contribution in [3.8, 4) is 11.5 Å². The lowest BCUT2D eigenvalue weighted by atomic mass is 9.85. The third-order valence-corrected chi connectivity index (χ3v) is 4.01. The van der Waals surface area contributed by atoms with E-state index in [0.717, 1.165) is 19.3 Å². The molecule has 1 aromatic rings. The fraction of sp³-hybridized carbons (Fsp3) is 0.389. The minimum atomic E-state index is -0.398. The third kappa shape index (κ3) is 3.18. The van der Waals surface area contributed by atoms with Crippen molar-refractivity contribution >= 4 is 17.3 Å². The van der Waals surface area contributed by atoms with E-state index >= 15 is 0 Å². The standard InChI is InChI=1S/C18H21NO5/c1-4-5-6-7-12(19-22)11-10-13(20)16-14(23-2)8-9-15(24-3)17(16)18(11)21/h8-10,22H,4-7H2,1-3H3. The molecule has 0 spiro atoms. The Morgan fingerprint density at radius 1 is 1.08 bits per heavy atom. The number of allylic oxidation sites excluding steroid dienone is 2. The molecular formula is C18H21NO5. The van der Waals surface area contributed by atoms with E-state index in [1.807, 2.05) is 0 Å². The van der Waals surface area contributed by atoms with Gasteiger partial charge >= 0.3 is 0 Å². The van der Waals surface area contributed by atoms with Crippen LogP contribution in [0.25, 0.3) is 0 Å². The first-order valence-corrected chi connectivity index (χ1v) is 7.86. The molecule has 2 rings (SSSR count). The molecular weight excluding hydrogens is 310 g/mol. The maximum Gasteiger partial charge on any atom is 0.199 e. The molecule has 1 N–H and O–H groups in total. The fourth-order valence-electron chi connectivity index (χ4n) is 2.77. The van der Waals surface area contributed by atoms with E-state index in [4.69, 9.17) is 9.47 Å². The fourth-order valence-corrected chi connectivity index (χ4v) is 2.77. The van der Waals surface area contributed by atoms with Gasteiger partial charge in [0, 0.05) is 0 Å². The normalized spacial score (nSPS) is 14.3. The number of hydrogen-bond acceptors (Lipinski definition) is 6. The highest BCUT2D eigenvalue weighted by atomic mass is 16.5. The summed E-state index contributed by atoms with van der Waals surface area (Å²) in [6.07, 6.45) is 4.36. The van der Waals surface area contributed by atoms with Gasteiger partial charge in [-0.2, -0.15) is 0 Å². The molecule has 24 heavy (non-hydrogen) atoms. The third-order valence-electron chi connectivity index (χ3n) is 4.01. The molecule has 0 saturated heterocycles. The van der Waals surface area contributed by atoms with Gasteiger partial charge in [0.1, 0.15) is 11.5 Å². The van der Waals surface area contributed by atoms with Crippen LogP contribution < -0.4 is 9.47 Å². The number of Topliss-reactive ketones (excluding diaryl/α,β-unsaturated/α-hetero) is 1. The zero-order chi connectivity index (χ0) is 17.7. The van der Waals surface area contributed by atoms with Gasteiger partial charge in [0.25, 0.3) is 0 Å². The molecule has 1 aromatic carbocycles. The highest BCUT2D eigenvalue weighted by Gasteiger charge is 2.33. The molecule has 0 fully saturated rings. The van der Waals surface area contributed by atoms with Crippen molar-refractivity contribution in [2.24, 2.45) is 5.16 Å². The lowest BCUT2D eigenvalue weighted by molar-refractivity contribution is 0.0983. The topological polar surface area (TPSA) is 85.2 Å². The molecule has 0 aliphatic heterocycles. The number of rotatable bonds is 7. The SMILES string of the molecule is CCCCCC(=NO)C1=CC(=O)c2c(OC)ccc(OC)c2C1=O. The van der Waals surface area contributed by atoms with Gasteiger partial charge in [-0.3, -0.25) is 9.59 Å². The van der Waals surface area contributed by atoms with Gasteiger partial charge in [0.2, 0.25) is 0 Å². The van der Waals surface area contributed by atoms with E-state index in [-0.39, 0.29) is 28.2 Å². The number of hydrogen-bond donors (Lipinski definition) is 1. The maximum atomic E-state index is 12.9. The lowest BCUT2D eigenvalue weighted by Crippen LogP contribution is -2.23. The van der Waals surface area contributed by atoms with Gasteiger partial charge in [0.05, 0.1) is 36.6 Å². The quantitative estimate of drug-likeness (QED) is 0.358. The number of nitrogens with zero attached hydrogens (tertiary/aromatic N) is 1. The number of oxime groups is 1. The molecule has 0 aromatic heterocycles.